The van der Waals surface area contributed by atoms with Gasteiger partial charge in [-0.2, -0.15) is 0 Å². The third kappa shape index (κ3) is 4.31. The van der Waals surface area contributed by atoms with Gasteiger partial charge in [0.25, 0.3) is 0 Å². The lowest BCUT2D eigenvalue weighted by atomic mass is 10.2. The topological polar surface area (TPSA) is 71.5 Å². The molecule has 4 aromatic rings. The molecule has 0 spiro atoms. The molecular weight excluding hydrogens is 442 g/mol. The van der Waals surface area contributed by atoms with E-state index in [4.69, 9.17) is 9.72 Å². The van der Waals surface area contributed by atoms with Gasteiger partial charge in [0.05, 0.1) is 24.3 Å². The Morgan fingerprint density at radius 2 is 1.94 bits per heavy atom. The number of benzene rings is 1. The van der Waals surface area contributed by atoms with Gasteiger partial charge in [0, 0.05) is 37.8 Å². The zero-order chi connectivity index (χ0) is 21.9. The molecule has 1 fully saturated rings. The summed E-state index contributed by atoms with van der Waals surface area (Å²) >= 11 is 3.15. The number of nitrogens with zero attached hydrogens (tertiary/aromatic N) is 5. The van der Waals surface area contributed by atoms with Crippen LogP contribution in [0.2, 0.25) is 0 Å². The van der Waals surface area contributed by atoms with Crippen LogP contribution < -0.4 is 9.64 Å². The first-order valence-electron chi connectivity index (χ1n) is 10.6. The Balaban J connectivity index is 1.20. The van der Waals surface area contributed by atoms with Crippen molar-refractivity contribution in [2.75, 3.05) is 37.7 Å². The van der Waals surface area contributed by atoms with Gasteiger partial charge >= 0.3 is 0 Å². The number of ether oxygens (including phenoxy) is 1. The number of thiazole rings is 2. The van der Waals surface area contributed by atoms with Gasteiger partial charge in [0.1, 0.15) is 21.1 Å². The van der Waals surface area contributed by atoms with Gasteiger partial charge in [-0.1, -0.05) is 23.5 Å². The summed E-state index contributed by atoms with van der Waals surface area (Å²) in [5.74, 6) is 0.939. The highest BCUT2D eigenvalue weighted by Crippen LogP contribution is 2.32. The summed E-state index contributed by atoms with van der Waals surface area (Å²) in [5.41, 5.74) is 2.70. The maximum absolute atomic E-state index is 12.9. The molecule has 164 valence electrons. The summed E-state index contributed by atoms with van der Waals surface area (Å²) in [4.78, 5) is 31.8. The number of amides is 1. The van der Waals surface area contributed by atoms with Crippen molar-refractivity contribution in [2.45, 2.75) is 13.3 Å². The summed E-state index contributed by atoms with van der Waals surface area (Å²) in [5, 5.41) is 3.83. The van der Waals surface area contributed by atoms with Crippen LogP contribution in [0.1, 0.15) is 12.6 Å². The maximum Gasteiger partial charge on any atom is 0.228 e. The number of fused-ring (bicyclic) bond motifs is 1. The van der Waals surface area contributed by atoms with Crippen LogP contribution in [-0.2, 0) is 11.2 Å². The predicted octanol–water partition coefficient (Wildman–Crippen LogP) is 4.10. The van der Waals surface area contributed by atoms with Gasteiger partial charge in [0.2, 0.25) is 5.91 Å². The van der Waals surface area contributed by atoms with E-state index in [1.165, 1.54) is 0 Å². The van der Waals surface area contributed by atoms with E-state index in [1.807, 2.05) is 53.6 Å². The maximum atomic E-state index is 12.9. The van der Waals surface area contributed by atoms with Crippen LogP contribution in [0.3, 0.4) is 0 Å². The van der Waals surface area contributed by atoms with E-state index in [-0.39, 0.29) is 5.91 Å². The van der Waals surface area contributed by atoms with Gasteiger partial charge in [-0.25, -0.2) is 15.0 Å². The number of hydrogen-bond acceptors (Lipinski definition) is 8. The molecule has 1 amide bonds. The number of para-hydroxylation sites is 1. The lowest BCUT2D eigenvalue weighted by Gasteiger charge is -2.34. The van der Waals surface area contributed by atoms with Crippen LogP contribution >= 0.6 is 22.7 Å². The average molecular weight is 466 g/mol. The van der Waals surface area contributed by atoms with Crippen LogP contribution in [0.15, 0.2) is 48.0 Å². The smallest absolute Gasteiger partial charge is 0.228 e. The van der Waals surface area contributed by atoms with E-state index < -0.39 is 0 Å². The van der Waals surface area contributed by atoms with Crippen molar-refractivity contribution < 1.29 is 9.53 Å². The zero-order valence-corrected chi connectivity index (χ0v) is 19.4. The summed E-state index contributed by atoms with van der Waals surface area (Å²) in [6.07, 6.45) is 2.11. The Bertz CT molecular complexity index is 1200. The van der Waals surface area contributed by atoms with E-state index in [0.29, 0.717) is 26.1 Å². The van der Waals surface area contributed by atoms with Gasteiger partial charge in [-0.15, -0.1) is 11.3 Å². The Kier molecular flexibility index (Phi) is 6.00. The first kappa shape index (κ1) is 20.8. The molecule has 0 atom stereocenters. The molecule has 1 aliphatic heterocycles. The molecule has 7 nitrogen and oxygen atoms in total. The van der Waals surface area contributed by atoms with E-state index >= 15 is 0 Å². The quantitative estimate of drug-likeness (QED) is 0.427. The average Bonchev–Trinajstić information content (AvgIpc) is 3.47. The van der Waals surface area contributed by atoms with E-state index in [1.54, 1.807) is 28.9 Å². The number of rotatable bonds is 6. The molecule has 0 bridgehead atoms. The monoisotopic (exact) mass is 465 g/mol. The molecule has 0 saturated carbocycles. The Labute approximate surface area is 194 Å². The van der Waals surface area contributed by atoms with Gasteiger partial charge < -0.3 is 14.5 Å². The SMILES string of the molecule is CCOc1ccccc1-c1nc(CC(=O)N2CCN(c3nc4cccnc4s3)CC2)cs1. The lowest BCUT2D eigenvalue weighted by Crippen LogP contribution is -2.49. The minimum absolute atomic E-state index is 0.116. The van der Waals surface area contributed by atoms with Crippen LogP contribution in [0, 0.1) is 0 Å². The number of carbonyl (C=O) groups is 1. The molecule has 4 heterocycles. The first-order valence-corrected chi connectivity index (χ1v) is 12.3. The molecule has 3 aromatic heterocycles. The van der Waals surface area contributed by atoms with Crippen molar-refractivity contribution >= 4 is 44.1 Å². The van der Waals surface area contributed by atoms with E-state index in [0.717, 1.165) is 50.6 Å². The highest BCUT2D eigenvalue weighted by atomic mass is 32.1. The molecular formula is C23H23N5O2S2. The zero-order valence-electron chi connectivity index (χ0n) is 17.7. The fraction of sp³-hybridized carbons (Fsp3) is 0.304. The van der Waals surface area contributed by atoms with Crippen molar-refractivity contribution in [3.05, 3.63) is 53.7 Å². The van der Waals surface area contributed by atoms with Gasteiger partial charge in [-0.05, 0) is 31.2 Å². The van der Waals surface area contributed by atoms with Crippen molar-refractivity contribution in [2.24, 2.45) is 0 Å². The fourth-order valence-electron chi connectivity index (χ4n) is 3.74. The highest BCUT2D eigenvalue weighted by Gasteiger charge is 2.24. The third-order valence-electron chi connectivity index (χ3n) is 5.36. The molecule has 5 rings (SSSR count). The van der Waals surface area contributed by atoms with Crippen molar-refractivity contribution in [3.63, 3.8) is 0 Å². The van der Waals surface area contributed by atoms with Gasteiger partial charge in [0.15, 0.2) is 5.13 Å². The summed E-state index contributed by atoms with van der Waals surface area (Å²) in [7, 11) is 0. The molecule has 32 heavy (non-hydrogen) atoms. The largest absolute Gasteiger partial charge is 0.493 e. The highest BCUT2D eigenvalue weighted by molar-refractivity contribution is 7.21. The normalized spacial score (nSPS) is 14.2. The van der Waals surface area contributed by atoms with E-state index in [2.05, 4.69) is 14.9 Å². The van der Waals surface area contributed by atoms with Crippen LogP contribution in [-0.4, -0.2) is 58.5 Å². The molecule has 0 aliphatic carbocycles. The number of pyridine rings is 1. The second kappa shape index (κ2) is 9.22. The predicted molar refractivity (Wildman–Crippen MR) is 129 cm³/mol. The Morgan fingerprint density at radius 3 is 2.75 bits per heavy atom. The molecule has 9 heteroatoms. The minimum Gasteiger partial charge on any atom is -0.493 e. The summed E-state index contributed by atoms with van der Waals surface area (Å²) in [6, 6.07) is 11.8. The number of anilines is 1. The molecule has 1 saturated heterocycles. The van der Waals surface area contributed by atoms with Crippen LogP contribution in [0.4, 0.5) is 5.13 Å². The van der Waals surface area contributed by atoms with Crippen molar-refractivity contribution in [1.82, 2.24) is 19.9 Å². The number of hydrogen-bond donors (Lipinski definition) is 0. The Hall–Kier alpha value is -3.04. The third-order valence-corrected chi connectivity index (χ3v) is 7.32. The molecule has 0 unspecified atom stereocenters. The standard InChI is InChI=1S/C23H23N5O2S2/c1-2-30-19-8-4-3-6-17(19)21-25-16(15-31-21)14-20(29)27-10-12-28(13-11-27)23-26-18-7-5-9-24-22(18)32-23/h3-9,15H,2,10-14H2,1H3. The van der Waals surface area contributed by atoms with Crippen molar-refractivity contribution in [1.29, 1.82) is 0 Å². The minimum atomic E-state index is 0.116. The Morgan fingerprint density at radius 1 is 1.09 bits per heavy atom. The second-order valence-corrected chi connectivity index (χ2v) is 9.26. The first-order chi connectivity index (χ1) is 15.7. The summed E-state index contributed by atoms with van der Waals surface area (Å²) in [6.45, 7) is 5.49. The van der Waals surface area contributed by atoms with E-state index in [9.17, 15) is 4.79 Å². The second-order valence-electron chi connectivity index (χ2n) is 7.44. The van der Waals surface area contributed by atoms with Crippen molar-refractivity contribution in [3.8, 4) is 16.3 Å². The molecule has 0 radical (unpaired) electrons. The summed E-state index contributed by atoms with van der Waals surface area (Å²) < 4.78 is 5.72. The number of carbonyl (C=O) groups excluding carboxylic acids is 1. The molecule has 0 N–H and O–H groups in total. The van der Waals surface area contributed by atoms with Crippen LogP contribution in [0.25, 0.3) is 20.9 Å². The number of piperazine rings is 1. The fourth-order valence-corrected chi connectivity index (χ4v) is 5.55. The molecule has 1 aliphatic rings. The van der Waals surface area contributed by atoms with Crippen LogP contribution in [0.5, 0.6) is 5.75 Å². The molecule has 1 aromatic carbocycles. The lowest BCUT2D eigenvalue weighted by molar-refractivity contribution is -0.130. The van der Waals surface area contributed by atoms with Gasteiger partial charge in [-0.3, -0.25) is 4.79 Å². The number of aromatic nitrogens is 3.